The average molecular weight is 369 g/mol. The van der Waals surface area contributed by atoms with Crippen LogP contribution in [0.1, 0.15) is 11.1 Å². The molecular weight excluding hydrogens is 349 g/mol. The summed E-state index contributed by atoms with van der Waals surface area (Å²) in [6.07, 6.45) is 0. The highest BCUT2D eigenvalue weighted by Gasteiger charge is 2.14. The number of aryl methyl sites for hydroxylation is 2. The molecule has 0 unspecified atom stereocenters. The SMILES string of the molecule is Cc1cccc(C)c1NC(=O)CN(C)c1nc(-c2ccc(F)cc2)cs1. The molecule has 1 amide bonds. The molecule has 0 spiro atoms. The molecule has 0 saturated heterocycles. The highest BCUT2D eigenvalue weighted by molar-refractivity contribution is 7.14. The van der Waals surface area contributed by atoms with E-state index < -0.39 is 0 Å². The smallest absolute Gasteiger partial charge is 0.243 e. The fourth-order valence-corrected chi connectivity index (χ4v) is 3.47. The van der Waals surface area contributed by atoms with Gasteiger partial charge in [0.2, 0.25) is 5.91 Å². The molecule has 0 fully saturated rings. The van der Waals surface area contributed by atoms with Gasteiger partial charge in [-0.25, -0.2) is 9.37 Å². The van der Waals surface area contributed by atoms with Crippen LogP contribution in [0.15, 0.2) is 47.8 Å². The Morgan fingerprint density at radius 2 is 1.81 bits per heavy atom. The van der Waals surface area contributed by atoms with Crippen LogP contribution in [0.2, 0.25) is 0 Å². The van der Waals surface area contributed by atoms with E-state index in [0.717, 1.165) is 33.2 Å². The first-order valence-electron chi connectivity index (χ1n) is 8.22. The Balaban J connectivity index is 1.67. The largest absolute Gasteiger partial charge is 0.342 e. The number of para-hydroxylation sites is 1. The third-order valence-electron chi connectivity index (χ3n) is 4.08. The molecule has 0 saturated carbocycles. The van der Waals surface area contributed by atoms with Gasteiger partial charge in [-0.05, 0) is 49.2 Å². The third kappa shape index (κ3) is 4.08. The number of rotatable bonds is 5. The van der Waals surface area contributed by atoms with E-state index >= 15 is 0 Å². The number of aromatic nitrogens is 1. The zero-order valence-corrected chi connectivity index (χ0v) is 15.7. The third-order valence-corrected chi connectivity index (χ3v) is 5.04. The molecule has 0 atom stereocenters. The van der Waals surface area contributed by atoms with Crippen LogP contribution in [0.5, 0.6) is 0 Å². The predicted octanol–water partition coefficient (Wildman–Crippen LogP) is 4.64. The van der Waals surface area contributed by atoms with E-state index in [-0.39, 0.29) is 18.3 Å². The summed E-state index contributed by atoms with van der Waals surface area (Å²) in [6, 6.07) is 12.1. The Morgan fingerprint density at radius 1 is 1.15 bits per heavy atom. The minimum absolute atomic E-state index is 0.0940. The summed E-state index contributed by atoms with van der Waals surface area (Å²) in [5.41, 5.74) is 4.55. The van der Waals surface area contributed by atoms with E-state index in [1.807, 2.05) is 44.5 Å². The monoisotopic (exact) mass is 369 g/mol. The summed E-state index contributed by atoms with van der Waals surface area (Å²) in [7, 11) is 1.83. The molecule has 26 heavy (non-hydrogen) atoms. The minimum Gasteiger partial charge on any atom is -0.342 e. The summed E-state index contributed by atoms with van der Waals surface area (Å²) >= 11 is 1.45. The number of nitrogens with one attached hydrogen (secondary N) is 1. The van der Waals surface area contributed by atoms with E-state index in [1.54, 1.807) is 17.0 Å². The number of amides is 1. The van der Waals surface area contributed by atoms with Gasteiger partial charge >= 0.3 is 0 Å². The molecule has 0 aliphatic heterocycles. The average Bonchev–Trinajstić information content (AvgIpc) is 3.09. The summed E-state index contributed by atoms with van der Waals surface area (Å²) in [4.78, 5) is 18.8. The normalized spacial score (nSPS) is 10.6. The van der Waals surface area contributed by atoms with Gasteiger partial charge in [-0.2, -0.15) is 0 Å². The lowest BCUT2D eigenvalue weighted by molar-refractivity contribution is -0.114. The number of carbonyl (C=O) groups excluding carboxylic acids is 1. The molecule has 4 nitrogen and oxygen atoms in total. The lowest BCUT2D eigenvalue weighted by Gasteiger charge is -2.17. The Bertz CT molecular complexity index is 901. The highest BCUT2D eigenvalue weighted by Crippen LogP contribution is 2.27. The molecular formula is C20H20FN3OS. The van der Waals surface area contributed by atoms with Gasteiger partial charge in [-0.15, -0.1) is 11.3 Å². The predicted molar refractivity (Wildman–Crippen MR) is 105 cm³/mol. The van der Waals surface area contributed by atoms with E-state index in [2.05, 4.69) is 10.3 Å². The van der Waals surface area contributed by atoms with Crippen molar-refractivity contribution < 1.29 is 9.18 Å². The standard InChI is InChI=1S/C20H20FN3OS/c1-13-5-4-6-14(2)19(13)23-18(25)11-24(3)20-22-17(12-26-20)15-7-9-16(21)10-8-15/h4-10,12H,11H2,1-3H3,(H,23,25). The van der Waals surface area contributed by atoms with Gasteiger partial charge < -0.3 is 10.2 Å². The molecule has 0 radical (unpaired) electrons. The maximum Gasteiger partial charge on any atom is 0.243 e. The maximum absolute atomic E-state index is 13.0. The van der Waals surface area contributed by atoms with Gasteiger partial charge in [-0.3, -0.25) is 4.79 Å². The zero-order chi connectivity index (χ0) is 18.7. The molecule has 1 N–H and O–H groups in total. The van der Waals surface area contributed by atoms with Crippen molar-refractivity contribution in [1.82, 2.24) is 4.98 Å². The fraction of sp³-hybridized carbons (Fsp3) is 0.200. The fourth-order valence-electron chi connectivity index (χ4n) is 2.67. The van der Waals surface area contributed by atoms with Crippen molar-refractivity contribution in [2.24, 2.45) is 0 Å². The van der Waals surface area contributed by atoms with Crippen LogP contribution in [0, 0.1) is 19.7 Å². The highest BCUT2D eigenvalue weighted by atomic mass is 32.1. The van der Waals surface area contributed by atoms with Gasteiger partial charge in [0.1, 0.15) is 5.82 Å². The van der Waals surface area contributed by atoms with E-state index in [0.29, 0.717) is 0 Å². The number of thiazole rings is 1. The molecule has 6 heteroatoms. The second-order valence-corrected chi connectivity index (χ2v) is 7.03. The molecule has 0 bridgehead atoms. The number of benzene rings is 2. The Kier molecular flexibility index (Phi) is 5.32. The van der Waals surface area contributed by atoms with Gasteiger partial charge in [0.25, 0.3) is 0 Å². The number of halogens is 1. The van der Waals surface area contributed by atoms with Crippen molar-refractivity contribution in [2.45, 2.75) is 13.8 Å². The lowest BCUT2D eigenvalue weighted by atomic mass is 10.1. The second-order valence-electron chi connectivity index (χ2n) is 6.19. The first-order chi connectivity index (χ1) is 12.4. The number of carbonyl (C=O) groups is 1. The maximum atomic E-state index is 13.0. The van der Waals surface area contributed by atoms with Crippen molar-refractivity contribution in [1.29, 1.82) is 0 Å². The van der Waals surface area contributed by atoms with Crippen LogP contribution in [0.25, 0.3) is 11.3 Å². The van der Waals surface area contributed by atoms with Crippen molar-refractivity contribution in [3.63, 3.8) is 0 Å². The summed E-state index contributed by atoms with van der Waals surface area (Å²) < 4.78 is 13.0. The zero-order valence-electron chi connectivity index (χ0n) is 14.9. The van der Waals surface area contributed by atoms with E-state index in [9.17, 15) is 9.18 Å². The molecule has 1 heterocycles. The number of anilines is 2. The quantitative estimate of drug-likeness (QED) is 0.712. The number of nitrogens with zero attached hydrogens (tertiary/aromatic N) is 2. The first kappa shape index (κ1) is 18.1. The van der Waals surface area contributed by atoms with Crippen LogP contribution in [0.4, 0.5) is 15.2 Å². The number of hydrogen-bond acceptors (Lipinski definition) is 4. The van der Waals surface area contributed by atoms with Gasteiger partial charge in [0.05, 0.1) is 12.2 Å². The molecule has 134 valence electrons. The molecule has 0 aliphatic rings. The summed E-state index contributed by atoms with van der Waals surface area (Å²) in [5, 5.41) is 5.62. The summed E-state index contributed by atoms with van der Waals surface area (Å²) in [5.74, 6) is -0.368. The molecule has 2 aromatic carbocycles. The Labute approximate surface area is 156 Å². The molecule has 3 aromatic rings. The van der Waals surface area contributed by atoms with Gasteiger partial charge in [-0.1, -0.05) is 18.2 Å². The number of hydrogen-bond donors (Lipinski definition) is 1. The lowest BCUT2D eigenvalue weighted by Crippen LogP contribution is -2.30. The van der Waals surface area contributed by atoms with Gasteiger partial charge in [0, 0.05) is 23.7 Å². The van der Waals surface area contributed by atoms with Crippen molar-refractivity contribution >= 4 is 28.1 Å². The van der Waals surface area contributed by atoms with Crippen molar-refractivity contribution in [3.8, 4) is 11.3 Å². The molecule has 0 aliphatic carbocycles. The van der Waals surface area contributed by atoms with Crippen LogP contribution >= 0.6 is 11.3 Å². The Hall–Kier alpha value is -2.73. The molecule has 1 aromatic heterocycles. The molecule has 3 rings (SSSR count). The Morgan fingerprint density at radius 3 is 2.46 bits per heavy atom. The van der Waals surface area contributed by atoms with Crippen molar-refractivity contribution in [2.75, 3.05) is 23.8 Å². The first-order valence-corrected chi connectivity index (χ1v) is 9.10. The van der Waals surface area contributed by atoms with Crippen LogP contribution < -0.4 is 10.2 Å². The van der Waals surface area contributed by atoms with E-state index in [1.165, 1.54) is 23.5 Å². The van der Waals surface area contributed by atoms with Crippen LogP contribution in [-0.4, -0.2) is 24.5 Å². The summed E-state index contributed by atoms with van der Waals surface area (Å²) in [6.45, 7) is 4.15. The topological polar surface area (TPSA) is 45.2 Å². The van der Waals surface area contributed by atoms with Gasteiger partial charge in [0.15, 0.2) is 5.13 Å². The van der Waals surface area contributed by atoms with E-state index in [4.69, 9.17) is 0 Å². The number of likely N-dealkylation sites (N-methyl/N-ethyl adjacent to an activating group) is 1. The minimum atomic E-state index is -0.274. The van der Waals surface area contributed by atoms with Crippen molar-refractivity contribution in [3.05, 3.63) is 64.8 Å². The van der Waals surface area contributed by atoms with Crippen LogP contribution in [0.3, 0.4) is 0 Å². The second kappa shape index (κ2) is 7.66. The van der Waals surface area contributed by atoms with Crippen LogP contribution in [-0.2, 0) is 4.79 Å².